The minimum Gasteiger partial charge on any atom is -0.418 e. The number of aromatic nitrogens is 1. The Morgan fingerprint density at radius 2 is 1.76 bits per heavy atom. The molecule has 0 aromatic carbocycles. The predicted molar refractivity (Wildman–Crippen MR) is 67.1 cm³/mol. The number of hydrogen-bond donors (Lipinski definition) is 2. The van der Waals surface area contributed by atoms with Crippen LogP contribution in [0.25, 0.3) is 0 Å². The first-order valence-corrected chi connectivity index (χ1v) is 5.63. The highest BCUT2D eigenvalue weighted by Crippen LogP contribution is 2.15. The highest BCUT2D eigenvalue weighted by atomic mass is 16.4. The summed E-state index contributed by atoms with van der Waals surface area (Å²) in [5.41, 5.74) is -0.440. The van der Waals surface area contributed by atoms with Crippen molar-refractivity contribution in [2.75, 3.05) is 5.32 Å². The lowest BCUT2D eigenvalue weighted by molar-refractivity contribution is 0.0892. The van der Waals surface area contributed by atoms with Crippen molar-refractivity contribution in [2.24, 2.45) is 0 Å². The lowest BCUT2D eigenvalue weighted by Gasteiger charge is -2.19. The topological polar surface area (TPSA) is 67.2 Å². The van der Waals surface area contributed by atoms with E-state index in [2.05, 4.69) is 15.6 Å². The van der Waals surface area contributed by atoms with Gasteiger partial charge in [0.1, 0.15) is 0 Å². The standard InChI is InChI=1S/C12H21N3O2/c1-11(2,3)14-9(16)8-7-13-10(17-8)15-12(4,5)6/h7H,1-6H3,(H,13,15)(H,14,16). The third kappa shape index (κ3) is 4.89. The predicted octanol–water partition coefficient (Wildman–Crippen LogP) is 2.41. The van der Waals surface area contributed by atoms with Gasteiger partial charge in [-0.05, 0) is 41.5 Å². The SMILES string of the molecule is CC(C)(C)NC(=O)c1cnc(NC(C)(C)C)o1. The number of amides is 1. The average Bonchev–Trinajstić information content (AvgIpc) is 2.45. The molecule has 1 heterocycles. The first-order chi connectivity index (χ1) is 7.57. The maximum atomic E-state index is 11.8. The number of carbonyl (C=O) groups excluding carboxylic acids is 1. The Hall–Kier alpha value is -1.52. The van der Waals surface area contributed by atoms with Gasteiger partial charge in [-0.3, -0.25) is 4.79 Å². The number of anilines is 1. The van der Waals surface area contributed by atoms with Crippen LogP contribution in [-0.4, -0.2) is 22.0 Å². The molecule has 96 valence electrons. The number of hydrogen-bond acceptors (Lipinski definition) is 4. The first kappa shape index (κ1) is 13.5. The van der Waals surface area contributed by atoms with Crippen LogP contribution in [0.3, 0.4) is 0 Å². The van der Waals surface area contributed by atoms with Gasteiger partial charge in [0.15, 0.2) is 0 Å². The molecule has 0 spiro atoms. The first-order valence-electron chi connectivity index (χ1n) is 5.63. The minimum atomic E-state index is -0.290. The van der Waals surface area contributed by atoms with Gasteiger partial charge in [0, 0.05) is 11.1 Å². The fourth-order valence-corrected chi connectivity index (χ4v) is 1.16. The van der Waals surface area contributed by atoms with Crippen LogP contribution in [0.4, 0.5) is 6.01 Å². The molecule has 1 aromatic rings. The summed E-state index contributed by atoms with van der Waals surface area (Å²) in [6.45, 7) is 11.7. The minimum absolute atomic E-state index is 0.150. The molecule has 0 aliphatic rings. The Morgan fingerprint density at radius 3 is 2.24 bits per heavy atom. The Labute approximate surface area is 102 Å². The molecule has 0 saturated heterocycles. The van der Waals surface area contributed by atoms with E-state index in [-0.39, 0.29) is 22.7 Å². The molecule has 5 nitrogen and oxygen atoms in total. The Bertz CT molecular complexity index is 397. The number of rotatable bonds is 2. The number of nitrogens with one attached hydrogen (secondary N) is 2. The van der Waals surface area contributed by atoms with Crippen molar-refractivity contribution in [3.05, 3.63) is 12.0 Å². The zero-order valence-corrected chi connectivity index (χ0v) is 11.3. The van der Waals surface area contributed by atoms with Crippen LogP contribution in [0.15, 0.2) is 10.6 Å². The third-order valence-corrected chi connectivity index (χ3v) is 1.70. The van der Waals surface area contributed by atoms with Crippen LogP contribution in [0, 0.1) is 0 Å². The summed E-state index contributed by atoms with van der Waals surface area (Å²) in [5.74, 6) is -0.0429. The highest BCUT2D eigenvalue weighted by molar-refractivity contribution is 5.91. The van der Waals surface area contributed by atoms with Crippen molar-refractivity contribution in [1.82, 2.24) is 10.3 Å². The van der Waals surface area contributed by atoms with Crippen LogP contribution in [0.1, 0.15) is 52.1 Å². The van der Waals surface area contributed by atoms with Gasteiger partial charge < -0.3 is 15.1 Å². The van der Waals surface area contributed by atoms with Crippen molar-refractivity contribution in [2.45, 2.75) is 52.6 Å². The number of nitrogens with zero attached hydrogens (tertiary/aromatic N) is 1. The zero-order valence-electron chi connectivity index (χ0n) is 11.3. The Morgan fingerprint density at radius 1 is 1.18 bits per heavy atom. The summed E-state index contributed by atoms with van der Waals surface area (Å²) >= 11 is 0. The third-order valence-electron chi connectivity index (χ3n) is 1.70. The van der Waals surface area contributed by atoms with E-state index in [0.29, 0.717) is 6.01 Å². The zero-order chi connectivity index (χ0) is 13.3. The van der Waals surface area contributed by atoms with Crippen molar-refractivity contribution in [3.63, 3.8) is 0 Å². The Kier molecular flexibility index (Phi) is 3.50. The molecule has 17 heavy (non-hydrogen) atoms. The molecule has 0 unspecified atom stereocenters. The van der Waals surface area contributed by atoms with Gasteiger partial charge >= 0.3 is 0 Å². The lowest BCUT2D eigenvalue weighted by Crippen LogP contribution is -2.40. The van der Waals surface area contributed by atoms with Crippen molar-refractivity contribution >= 4 is 11.9 Å². The molecule has 0 saturated carbocycles. The summed E-state index contributed by atoms with van der Waals surface area (Å²) in [4.78, 5) is 15.8. The van der Waals surface area contributed by atoms with Gasteiger partial charge in [-0.1, -0.05) is 0 Å². The van der Waals surface area contributed by atoms with Crippen LogP contribution >= 0.6 is 0 Å². The largest absolute Gasteiger partial charge is 0.418 e. The van der Waals surface area contributed by atoms with Gasteiger partial charge in [0.05, 0.1) is 6.20 Å². The smallest absolute Gasteiger partial charge is 0.295 e. The molecule has 0 radical (unpaired) electrons. The molecule has 0 bridgehead atoms. The normalized spacial score (nSPS) is 12.4. The van der Waals surface area contributed by atoms with Gasteiger partial charge in [0.2, 0.25) is 5.76 Å². The summed E-state index contributed by atoms with van der Waals surface area (Å²) < 4.78 is 5.33. The number of oxazole rings is 1. The van der Waals surface area contributed by atoms with Gasteiger partial charge in [-0.2, -0.15) is 0 Å². The molecule has 0 atom stereocenters. The lowest BCUT2D eigenvalue weighted by atomic mass is 10.1. The van der Waals surface area contributed by atoms with E-state index in [9.17, 15) is 4.79 Å². The average molecular weight is 239 g/mol. The molecule has 5 heteroatoms. The summed E-state index contributed by atoms with van der Waals surface area (Å²) in [7, 11) is 0. The monoisotopic (exact) mass is 239 g/mol. The van der Waals surface area contributed by atoms with Crippen molar-refractivity contribution in [3.8, 4) is 0 Å². The molecule has 1 amide bonds. The van der Waals surface area contributed by atoms with E-state index >= 15 is 0 Å². The summed E-state index contributed by atoms with van der Waals surface area (Å²) in [6.07, 6.45) is 1.43. The molecular formula is C12H21N3O2. The van der Waals surface area contributed by atoms with Crippen molar-refractivity contribution in [1.29, 1.82) is 0 Å². The van der Waals surface area contributed by atoms with E-state index in [1.165, 1.54) is 6.20 Å². The van der Waals surface area contributed by atoms with Gasteiger partial charge in [-0.15, -0.1) is 0 Å². The molecular weight excluding hydrogens is 218 g/mol. The second kappa shape index (κ2) is 4.39. The van der Waals surface area contributed by atoms with Crippen molar-refractivity contribution < 1.29 is 9.21 Å². The van der Waals surface area contributed by atoms with Crippen LogP contribution < -0.4 is 10.6 Å². The molecule has 0 aliphatic heterocycles. The van der Waals surface area contributed by atoms with E-state index in [1.807, 2.05) is 41.5 Å². The van der Waals surface area contributed by atoms with Crippen LogP contribution in [0.2, 0.25) is 0 Å². The van der Waals surface area contributed by atoms with E-state index in [1.54, 1.807) is 0 Å². The maximum absolute atomic E-state index is 11.8. The molecule has 2 N–H and O–H groups in total. The van der Waals surface area contributed by atoms with Gasteiger partial charge in [-0.25, -0.2) is 4.98 Å². The summed E-state index contributed by atoms with van der Waals surface area (Å²) in [6, 6.07) is 0.358. The van der Waals surface area contributed by atoms with E-state index in [0.717, 1.165) is 0 Å². The fourth-order valence-electron chi connectivity index (χ4n) is 1.16. The molecule has 0 aliphatic carbocycles. The van der Waals surface area contributed by atoms with Gasteiger partial charge in [0.25, 0.3) is 11.9 Å². The molecule has 1 rings (SSSR count). The van der Waals surface area contributed by atoms with Crippen LogP contribution in [0.5, 0.6) is 0 Å². The van der Waals surface area contributed by atoms with E-state index in [4.69, 9.17) is 4.42 Å². The quantitative estimate of drug-likeness (QED) is 0.831. The van der Waals surface area contributed by atoms with E-state index < -0.39 is 0 Å². The second-order valence-corrected chi connectivity index (χ2v) is 6.11. The summed E-state index contributed by atoms with van der Waals surface area (Å²) in [5, 5.41) is 5.87. The molecule has 1 aromatic heterocycles. The fraction of sp³-hybridized carbons (Fsp3) is 0.667. The second-order valence-electron chi connectivity index (χ2n) is 6.11. The molecule has 0 fully saturated rings. The number of carbonyl (C=O) groups is 1. The Balaban J connectivity index is 2.72. The highest BCUT2D eigenvalue weighted by Gasteiger charge is 2.20. The van der Waals surface area contributed by atoms with Crippen LogP contribution in [-0.2, 0) is 0 Å². The maximum Gasteiger partial charge on any atom is 0.295 e.